The fourth-order valence-corrected chi connectivity index (χ4v) is 6.54. The fraction of sp³-hybridized carbons (Fsp3) is 0.690. The Hall–Kier alpha value is -2.52. The largest absolute Gasteiger partial charge is 0.381 e. The maximum atomic E-state index is 15.0. The molecule has 0 aromatic heterocycles. The molecule has 1 aromatic carbocycles. The lowest BCUT2D eigenvalue weighted by Crippen LogP contribution is -2.66. The molecule has 0 saturated carbocycles. The van der Waals surface area contributed by atoms with E-state index in [0.29, 0.717) is 45.6 Å². The van der Waals surface area contributed by atoms with E-state index in [0.717, 1.165) is 30.5 Å². The van der Waals surface area contributed by atoms with Crippen molar-refractivity contribution in [2.45, 2.75) is 82.7 Å². The normalized spacial score (nSPS) is 29.3. The number of benzene rings is 1. The highest BCUT2D eigenvalue weighted by atomic mass is 19.1. The fourth-order valence-electron chi connectivity index (χ4n) is 6.54. The minimum atomic E-state index is -1.20. The zero-order chi connectivity index (χ0) is 26.8. The molecule has 0 unspecified atom stereocenters. The van der Waals surface area contributed by atoms with Gasteiger partial charge in [0.05, 0.1) is 6.04 Å². The first-order chi connectivity index (χ1) is 18.4. The second-order valence-electron chi connectivity index (χ2n) is 11.4. The number of hydrogen-bond acceptors (Lipinski definition) is 5. The summed E-state index contributed by atoms with van der Waals surface area (Å²) in [5.74, 6) is -0.928. The molecule has 0 bridgehead atoms. The Morgan fingerprint density at radius 1 is 1.13 bits per heavy atom. The number of fused-ring (bicyclic) bond motifs is 2. The Morgan fingerprint density at radius 2 is 1.89 bits per heavy atom. The predicted octanol–water partition coefficient (Wildman–Crippen LogP) is 2.37. The average Bonchev–Trinajstić information content (AvgIpc) is 3.53. The van der Waals surface area contributed by atoms with Crippen molar-refractivity contribution in [1.29, 1.82) is 0 Å². The third kappa shape index (κ3) is 5.45. The predicted molar refractivity (Wildman–Crippen MR) is 141 cm³/mol. The molecule has 3 heterocycles. The molecule has 0 radical (unpaired) electrons. The SMILES string of the molecule is CC[C@@H](C)C(=O)N[C@H](C(=O)N1C[C@H]2CCCN2C[C@H]1C(=O)N[C@H]1c2ccccc2C[C@@H]1F)C1CCOCC1. The molecule has 208 valence electrons. The van der Waals surface area contributed by atoms with Gasteiger partial charge in [-0.15, -0.1) is 0 Å². The van der Waals surface area contributed by atoms with Gasteiger partial charge in [0.25, 0.3) is 0 Å². The number of amides is 3. The number of nitrogens with one attached hydrogen (secondary N) is 2. The summed E-state index contributed by atoms with van der Waals surface area (Å²) in [7, 11) is 0. The van der Waals surface area contributed by atoms with Gasteiger partial charge in [-0.2, -0.15) is 0 Å². The molecule has 3 amide bonds. The van der Waals surface area contributed by atoms with Gasteiger partial charge in [0.1, 0.15) is 18.3 Å². The average molecular weight is 529 g/mol. The summed E-state index contributed by atoms with van der Waals surface area (Å²) in [6.07, 6.45) is 3.11. The Morgan fingerprint density at radius 3 is 2.66 bits per heavy atom. The molecule has 8 nitrogen and oxygen atoms in total. The van der Waals surface area contributed by atoms with Gasteiger partial charge in [-0.1, -0.05) is 38.1 Å². The van der Waals surface area contributed by atoms with Crippen LogP contribution in [0.3, 0.4) is 0 Å². The molecule has 3 fully saturated rings. The molecule has 2 N–H and O–H groups in total. The zero-order valence-electron chi connectivity index (χ0n) is 22.5. The van der Waals surface area contributed by atoms with Crippen molar-refractivity contribution in [3.63, 3.8) is 0 Å². The van der Waals surface area contributed by atoms with Crippen molar-refractivity contribution < 1.29 is 23.5 Å². The topological polar surface area (TPSA) is 91.0 Å². The van der Waals surface area contributed by atoms with Crippen LogP contribution in [-0.4, -0.2) is 84.7 Å². The first-order valence-corrected chi connectivity index (χ1v) is 14.3. The summed E-state index contributed by atoms with van der Waals surface area (Å²) >= 11 is 0. The van der Waals surface area contributed by atoms with E-state index in [4.69, 9.17) is 4.74 Å². The van der Waals surface area contributed by atoms with Gasteiger partial charge in [0.15, 0.2) is 0 Å². The molecule has 3 aliphatic heterocycles. The molecule has 9 heteroatoms. The number of hydrogen-bond donors (Lipinski definition) is 2. The van der Waals surface area contributed by atoms with Crippen LogP contribution in [0, 0.1) is 11.8 Å². The van der Waals surface area contributed by atoms with Gasteiger partial charge >= 0.3 is 0 Å². The number of carbonyl (C=O) groups excluding carboxylic acids is 3. The van der Waals surface area contributed by atoms with E-state index in [1.165, 1.54) is 0 Å². The third-order valence-electron chi connectivity index (χ3n) is 9.10. The van der Waals surface area contributed by atoms with Crippen LogP contribution in [-0.2, 0) is 25.5 Å². The molecule has 6 atom stereocenters. The second kappa shape index (κ2) is 11.7. The highest BCUT2D eigenvalue weighted by Gasteiger charge is 2.46. The van der Waals surface area contributed by atoms with Crippen molar-refractivity contribution in [3.8, 4) is 0 Å². The highest BCUT2D eigenvalue weighted by Crippen LogP contribution is 2.34. The summed E-state index contributed by atoms with van der Waals surface area (Å²) in [5.41, 5.74) is 1.72. The van der Waals surface area contributed by atoms with Gasteiger partial charge in [-0.3, -0.25) is 19.3 Å². The number of rotatable bonds is 7. The molecular weight excluding hydrogens is 487 g/mol. The van der Waals surface area contributed by atoms with Crippen molar-refractivity contribution in [2.75, 3.05) is 32.8 Å². The smallest absolute Gasteiger partial charge is 0.246 e. The Bertz CT molecular complexity index is 1030. The number of carbonyl (C=O) groups is 3. The maximum absolute atomic E-state index is 15.0. The van der Waals surface area contributed by atoms with E-state index in [-0.39, 0.29) is 42.0 Å². The summed E-state index contributed by atoms with van der Waals surface area (Å²) in [4.78, 5) is 45.0. The lowest BCUT2D eigenvalue weighted by Gasteiger charge is -2.45. The minimum absolute atomic E-state index is 0.0495. The Kier molecular flexibility index (Phi) is 8.33. The van der Waals surface area contributed by atoms with Crippen LogP contribution in [0.25, 0.3) is 0 Å². The first-order valence-electron chi connectivity index (χ1n) is 14.3. The van der Waals surface area contributed by atoms with Gasteiger partial charge in [-0.25, -0.2) is 4.39 Å². The van der Waals surface area contributed by atoms with Crippen LogP contribution >= 0.6 is 0 Å². The molecule has 5 rings (SSSR count). The van der Waals surface area contributed by atoms with Crippen LogP contribution in [0.4, 0.5) is 4.39 Å². The Labute approximate surface area is 224 Å². The molecule has 4 aliphatic rings. The van der Waals surface area contributed by atoms with Crippen molar-refractivity contribution >= 4 is 17.7 Å². The van der Waals surface area contributed by atoms with Gasteiger partial charge in [0, 0.05) is 44.7 Å². The minimum Gasteiger partial charge on any atom is -0.381 e. The van der Waals surface area contributed by atoms with E-state index in [2.05, 4.69) is 15.5 Å². The maximum Gasteiger partial charge on any atom is 0.246 e. The number of ether oxygens (including phenoxy) is 1. The van der Waals surface area contributed by atoms with Crippen molar-refractivity contribution in [1.82, 2.24) is 20.4 Å². The number of nitrogens with zero attached hydrogens (tertiary/aromatic N) is 2. The number of halogens is 1. The molecular formula is C29H41FN4O4. The monoisotopic (exact) mass is 528 g/mol. The summed E-state index contributed by atoms with van der Waals surface area (Å²) in [6.45, 7) is 6.67. The second-order valence-corrected chi connectivity index (χ2v) is 11.4. The van der Waals surface area contributed by atoms with Crippen molar-refractivity contribution in [2.24, 2.45) is 11.8 Å². The molecule has 1 aromatic rings. The number of piperazine rings is 1. The van der Waals surface area contributed by atoms with Crippen LogP contribution in [0.15, 0.2) is 24.3 Å². The van der Waals surface area contributed by atoms with E-state index in [9.17, 15) is 14.4 Å². The van der Waals surface area contributed by atoms with Crippen LogP contribution in [0.5, 0.6) is 0 Å². The van der Waals surface area contributed by atoms with Gasteiger partial charge in [-0.05, 0) is 55.7 Å². The molecule has 1 aliphatic carbocycles. The first kappa shape index (κ1) is 27.1. The molecule has 38 heavy (non-hydrogen) atoms. The summed E-state index contributed by atoms with van der Waals surface area (Å²) in [6, 6.07) is 5.55. The van der Waals surface area contributed by atoms with E-state index >= 15 is 4.39 Å². The van der Waals surface area contributed by atoms with E-state index in [1.54, 1.807) is 4.90 Å². The highest BCUT2D eigenvalue weighted by molar-refractivity contribution is 5.93. The van der Waals surface area contributed by atoms with Crippen LogP contribution in [0.2, 0.25) is 0 Å². The zero-order valence-corrected chi connectivity index (χ0v) is 22.5. The lowest BCUT2D eigenvalue weighted by molar-refractivity contribution is -0.150. The van der Waals surface area contributed by atoms with Crippen LogP contribution < -0.4 is 10.6 Å². The van der Waals surface area contributed by atoms with Gasteiger partial charge in [0.2, 0.25) is 17.7 Å². The lowest BCUT2D eigenvalue weighted by atomic mass is 9.89. The molecule has 3 saturated heterocycles. The molecule has 0 spiro atoms. The summed E-state index contributed by atoms with van der Waals surface area (Å²) in [5, 5.41) is 6.02. The standard InChI is InChI=1S/C29H41FN4O4/c1-3-18(2)27(35)31-25(19-10-13-38-14-11-19)29(37)34-16-21-8-6-12-33(21)17-24(34)28(36)32-26-22-9-5-4-7-20(22)15-23(26)30/h4-5,7,9,18-19,21,23-26H,3,6,8,10-17H2,1-2H3,(H,31,35)(H,32,36)/t18-,21-,23+,24+,25+,26+/m1/s1. The van der Waals surface area contributed by atoms with Crippen molar-refractivity contribution in [3.05, 3.63) is 35.4 Å². The van der Waals surface area contributed by atoms with Gasteiger partial charge < -0.3 is 20.3 Å². The third-order valence-corrected chi connectivity index (χ3v) is 9.10. The quantitative estimate of drug-likeness (QED) is 0.567. The summed E-state index contributed by atoms with van der Waals surface area (Å²) < 4.78 is 20.6. The number of alkyl halides is 1. The van der Waals surface area contributed by atoms with E-state index < -0.39 is 24.3 Å². The Balaban J connectivity index is 1.39. The van der Waals surface area contributed by atoms with Crippen LogP contribution in [0.1, 0.15) is 63.1 Å². The van der Waals surface area contributed by atoms with E-state index in [1.807, 2.05) is 38.1 Å².